The van der Waals surface area contributed by atoms with Crippen molar-refractivity contribution in [2.75, 3.05) is 6.61 Å². The molecule has 2 rings (SSSR count). The SMILES string of the molecule is CC.CC1=C(Cl)c2cc(Cl)ccc2OC1. The average Bonchev–Trinajstić information content (AvgIpc) is 2.27. The first-order valence-electron chi connectivity index (χ1n) is 4.96. The molecule has 1 aliphatic rings. The van der Waals surface area contributed by atoms with Gasteiger partial charge in [-0.15, -0.1) is 0 Å². The third kappa shape index (κ3) is 2.67. The van der Waals surface area contributed by atoms with E-state index in [9.17, 15) is 0 Å². The summed E-state index contributed by atoms with van der Waals surface area (Å²) in [5.41, 5.74) is 1.93. The summed E-state index contributed by atoms with van der Waals surface area (Å²) in [4.78, 5) is 0. The molecule has 15 heavy (non-hydrogen) atoms. The van der Waals surface area contributed by atoms with Gasteiger partial charge in [0, 0.05) is 10.6 Å². The van der Waals surface area contributed by atoms with E-state index < -0.39 is 0 Å². The fraction of sp³-hybridized carbons (Fsp3) is 0.333. The van der Waals surface area contributed by atoms with E-state index in [1.54, 1.807) is 6.07 Å². The molecule has 0 atom stereocenters. The Bertz CT molecular complexity index is 383. The monoisotopic (exact) mass is 244 g/mol. The molecule has 0 saturated heterocycles. The first-order valence-corrected chi connectivity index (χ1v) is 5.72. The summed E-state index contributed by atoms with van der Waals surface area (Å²) in [6.07, 6.45) is 0. The molecular weight excluding hydrogens is 231 g/mol. The molecule has 1 aromatic carbocycles. The minimum absolute atomic E-state index is 0.563. The van der Waals surface area contributed by atoms with Gasteiger partial charge in [0.05, 0.1) is 5.03 Å². The molecule has 0 saturated carbocycles. The molecule has 82 valence electrons. The highest BCUT2D eigenvalue weighted by Gasteiger charge is 2.15. The number of fused-ring (bicyclic) bond motifs is 1. The summed E-state index contributed by atoms with van der Waals surface area (Å²) >= 11 is 12.0. The second-order valence-electron chi connectivity index (χ2n) is 3.02. The summed E-state index contributed by atoms with van der Waals surface area (Å²) < 4.78 is 5.46. The maximum atomic E-state index is 6.11. The Kier molecular flexibility index (Phi) is 4.49. The lowest BCUT2D eigenvalue weighted by atomic mass is 10.1. The van der Waals surface area contributed by atoms with Gasteiger partial charge in [-0.25, -0.2) is 0 Å². The van der Waals surface area contributed by atoms with E-state index in [2.05, 4.69) is 0 Å². The van der Waals surface area contributed by atoms with Gasteiger partial charge in [-0.05, 0) is 30.7 Å². The Balaban J connectivity index is 0.000000531. The molecule has 1 aromatic rings. The Labute approximate surface area is 101 Å². The molecule has 0 N–H and O–H groups in total. The molecule has 0 amide bonds. The van der Waals surface area contributed by atoms with Crippen molar-refractivity contribution in [2.24, 2.45) is 0 Å². The number of hydrogen-bond donors (Lipinski definition) is 0. The predicted molar refractivity (Wildman–Crippen MR) is 66.7 cm³/mol. The molecule has 0 unspecified atom stereocenters. The molecule has 1 nitrogen and oxygen atoms in total. The lowest BCUT2D eigenvalue weighted by molar-refractivity contribution is 0.347. The molecule has 0 fully saturated rings. The first-order chi connectivity index (χ1) is 7.18. The topological polar surface area (TPSA) is 9.23 Å². The van der Waals surface area contributed by atoms with E-state index in [1.165, 1.54) is 0 Å². The van der Waals surface area contributed by atoms with E-state index >= 15 is 0 Å². The van der Waals surface area contributed by atoms with E-state index in [4.69, 9.17) is 27.9 Å². The van der Waals surface area contributed by atoms with Crippen LogP contribution in [0.5, 0.6) is 5.75 Å². The van der Waals surface area contributed by atoms with Crippen molar-refractivity contribution in [1.29, 1.82) is 0 Å². The number of halogens is 2. The molecule has 3 heteroatoms. The summed E-state index contributed by atoms with van der Waals surface area (Å²) in [5.74, 6) is 0.806. The molecular formula is C12H14Cl2O. The van der Waals surface area contributed by atoms with Crippen LogP contribution >= 0.6 is 23.2 Å². The van der Waals surface area contributed by atoms with Crippen LogP contribution in [0.25, 0.3) is 5.03 Å². The van der Waals surface area contributed by atoms with Crippen LogP contribution < -0.4 is 4.74 Å². The standard InChI is InChI=1S/C10H8Cl2O.C2H6/c1-6-5-13-9-3-2-7(11)4-8(9)10(6)12;1-2/h2-4H,5H2,1H3;1-2H3. The number of hydrogen-bond acceptors (Lipinski definition) is 1. The zero-order chi connectivity index (χ0) is 11.4. The molecule has 0 spiro atoms. The van der Waals surface area contributed by atoms with Gasteiger partial charge in [0.1, 0.15) is 12.4 Å². The Morgan fingerprint density at radius 1 is 1.20 bits per heavy atom. The minimum Gasteiger partial charge on any atom is -0.489 e. The van der Waals surface area contributed by atoms with Gasteiger partial charge in [-0.3, -0.25) is 0 Å². The Hall–Kier alpha value is -0.660. The summed E-state index contributed by atoms with van der Waals surface area (Å²) in [6, 6.07) is 5.46. The lowest BCUT2D eigenvalue weighted by Crippen LogP contribution is -2.07. The fourth-order valence-corrected chi connectivity index (χ4v) is 1.65. The smallest absolute Gasteiger partial charge is 0.128 e. The first kappa shape index (κ1) is 12.4. The zero-order valence-electron chi connectivity index (χ0n) is 9.10. The van der Waals surface area contributed by atoms with Crippen LogP contribution in [0, 0.1) is 0 Å². The van der Waals surface area contributed by atoms with Gasteiger partial charge in [-0.1, -0.05) is 37.0 Å². The van der Waals surface area contributed by atoms with E-state index in [0.29, 0.717) is 11.6 Å². The second kappa shape index (κ2) is 5.43. The van der Waals surface area contributed by atoms with Crippen LogP contribution in [0.4, 0.5) is 0 Å². The van der Waals surface area contributed by atoms with Crippen LogP contribution in [0.3, 0.4) is 0 Å². The predicted octanol–water partition coefficient (Wildman–Crippen LogP) is 4.73. The van der Waals surface area contributed by atoms with Crippen LogP contribution in [-0.4, -0.2) is 6.61 Å². The molecule has 0 aliphatic carbocycles. The number of rotatable bonds is 0. The molecule has 0 aromatic heterocycles. The average molecular weight is 245 g/mol. The van der Waals surface area contributed by atoms with Gasteiger partial charge >= 0.3 is 0 Å². The number of benzene rings is 1. The van der Waals surface area contributed by atoms with Crippen molar-refractivity contribution in [3.63, 3.8) is 0 Å². The number of ether oxygens (including phenoxy) is 1. The van der Waals surface area contributed by atoms with Crippen molar-refractivity contribution in [1.82, 2.24) is 0 Å². The van der Waals surface area contributed by atoms with Gasteiger partial charge in [0.2, 0.25) is 0 Å². The highest BCUT2D eigenvalue weighted by molar-refractivity contribution is 6.49. The van der Waals surface area contributed by atoms with Crippen LogP contribution in [0.2, 0.25) is 5.02 Å². The maximum absolute atomic E-state index is 6.11. The Morgan fingerprint density at radius 2 is 1.87 bits per heavy atom. The van der Waals surface area contributed by atoms with Crippen LogP contribution in [0.1, 0.15) is 26.3 Å². The Morgan fingerprint density at radius 3 is 2.53 bits per heavy atom. The van der Waals surface area contributed by atoms with Crippen LogP contribution in [-0.2, 0) is 0 Å². The molecule has 0 bridgehead atoms. The summed E-state index contributed by atoms with van der Waals surface area (Å²) in [5, 5.41) is 1.43. The molecule has 1 heterocycles. The summed E-state index contributed by atoms with van der Waals surface area (Å²) in [6.45, 7) is 6.51. The minimum atomic E-state index is 0.563. The van der Waals surface area contributed by atoms with Crippen molar-refractivity contribution in [3.05, 3.63) is 34.4 Å². The van der Waals surface area contributed by atoms with Gasteiger partial charge in [0.25, 0.3) is 0 Å². The highest BCUT2D eigenvalue weighted by Crippen LogP contribution is 2.36. The van der Waals surface area contributed by atoms with Crippen molar-refractivity contribution in [3.8, 4) is 5.75 Å². The van der Waals surface area contributed by atoms with Crippen molar-refractivity contribution < 1.29 is 4.74 Å². The molecule has 1 aliphatic heterocycles. The van der Waals surface area contributed by atoms with Crippen molar-refractivity contribution in [2.45, 2.75) is 20.8 Å². The maximum Gasteiger partial charge on any atom is 0.128 e. The second-order valence-corrected chi connectivity index (χ2v) is 3.84. The van der Waals surface area contributed by atoms with E-state index in [-0.39, 0.29) is 0 Å². The van der Waals surface area contributed by atoms with E-state index in [0.717, 1.165) is 21.9 Å². The zero-order valence-corrected chi connectivity index (χ0v) is 10.6. The van der Waals surface area contributed by atoms with Gasteiger partial charge in [0.15, 0.2) is 0 Å². The highest BCUT2D eigenvalue weighted by atomic mass is 35.5. The fourth-order valence-electron chi connectivity index (χ4n) is 1.28. The van der Waals surface area contributed by atoms with Gasteiger partial charge in [-0.2, -0.15) is 0 Å². The lowest BCUT2D eigenvalue weighted by Gasteiger charge is -2.18. The third-order valence-corrected chi connectivity index (χ3v) is 2.76. The molecule has 0 radical (unpaired) electrons. The normalized spacial score (nSPS) is 13.7. The van der Waals surface area contributed by atoms with E-state index in [1.807, 2.05) is 32.9 Å². The van der Waals surface area contributed by atoms with Crippen LogP contribution in [0.15, 0.2) is 23.8 Å². The largest absolute Gasteiger partial charge is 0.489 e. The van der Waals surface area contributed by atoms with Crippen molar-refractivity contribution >= 4 is 28.2 Å². The third-order valence-electron chi connectivity index (χ3n) is 2.00. The summed E-state index contributed by atoms with van der Waals surface area (Å²) in [7, 11) is 0. The quantitative estimate of drug-likeness (QED) is 0.642. The van der Waals surface area contributed by atoms with Gasteiger partial charge < -0.3 is 4.74 Å².